The minimum absolute atomic E-state index is 0.00371. The summed E-state index contributed by atoms with van der Waals surface area (Å²) in [6.07, 6.45) is 0.787. The van der Waals surface area contributed by atoms with E-state index in [9.17, 15) is 27.5 Å². The molecule has 1 saturated heterocycles. The highest BCUT2D eigenvalue weighted by Gasteiger charge is 2.54. The van der Waals surface area contributed by atoms with E-state index in [2.05, 4.69) is 5.32 Å². The van der Waals surface area contributed by atoms with Crippen molar-refractivity contribution in [2.75, 3.05) is 24.2 Å². The van der Waals surface area contributed by atoms with E-state index in [0.717, 1.165) is 11.8 Å². The van der Waals surface area contributed by atoms with E-state index < -0.39 is 62.1 Å². The van der Waals surface area contributed by atoms with Crippen LogP contribution in [0, 0.1) is 5.82 Å². The van der Waals surface area contributed by atoms with Crippen LogP contribution >= 0.6 is 23.4 Å². The number of halogens is 2. The number of rotatable bonds is 10. The zero-order chi connectivity index (χ0) is 33.4. The van der Waals surface area contributed by atoms with Crippen molar-refractivity contribution in [1.82, 2.24) is 4.31 Å². The number of nitrogens with two attached hydrogens (primary N) is 1. The third kappa shape index (κ3) is 7.60. The Kier molecular flexibility index (Phi) is 10.2. The van der Waals surface area contributed by atoms with E-state index in [0.29, 0.717) is 24.1 Å². The summed E-state index contributed by atoms with van der Waals surface area (Å²) >= 11 is 7.68. The molecule has 2 aromatic carbocycles. The molecule has 4 rings (SSSR count). The van der Waals surface area contributed by atoms with Crippen LogP contribution in [-0.2, 0) is 40.4 Å². The lowest BCUT2D eigenvalue weighted by Gasteiger charge is -2.45. The first kappa shape index (κ1) is 35.0. The molecule has 2 heterocycles. The number of carboxylic acids is 1. The van der Waals surface area contributed by atoms with Gasteiger partial charge in [0.1, 0.15) is 23.3 Å². The topological polar surface area (TPSA) is 148 Å². The number of thioether (sulfide) groups is 1. The third-order valence-corrected chi connectivity index (χ3v) is 11.4. The van der Waals surface area contributed by atoms with Gasteiger partial charge in [0.05, 0.1) is 16.5 Å². The van der Waals surface area contributed by atoms with Crippen molar-refractivity contribution in [3.05, 3.63) is 69.8 Å². The van der Waals surface area contributed by atoms with Gasteiger partial charge in [-0.1, -0.05) is 41.9 Å². The maximum Gasteiger partial charge on any atom is 0.332 e. The molecule has 0 aliphatic carbocycles. The number of hydrogen-bond donors (Lipinski definition) is 3. The summed E-state index contributed by atoms with van der Waals surface area (Å²) in [4.78, 5) is 25.1. The maximum atomic E-state index is 14.6. The number of hydrogen-bond acceptors (Lipinski definition) is 9. The molecule has 4 N–H and O–H groups in total. The van der Waals surface area contributed by atoms with E-state index in [1.165, 1.54) is 27.9 Å². The number of nitrogen functional groups attached to an aromatic ring is 1. The summed E-state index contributed by atoms with van der Waals surface area (Å²) in [5, 5.41) is 14.1. The molecule has 2 aliphatic heterocycles. The Balaban J connectivity index is 1.60. The number of esters is 1. The minimum atomic E-state index is -3.91. The highest BCUT2D eigenvalue weighted by atomic mass is 35.5. The average molecular weight is 684 g/mol. The quantitative estimate of drug-likeness (QED) is 0.219. The van der Waals surface area contributed by atoms with E-state index in [4.69, 9.17) is 26.8 Å². The van der Waals surface area contributed by atoms with Gasteiger partial charge >= 0.3 is 11.9 Å². The van der Waals surface area contributed by atoms with Gasteiger partial charge < -0.3 is 25.6 Å². The number of carboxylic acid groups (broad SMARTS) is 1. The number of nitrogens with zero attached hydrogens (tertiary/aromatic N) is 1. The number of sulfonamides is 1. The second-order valence-electron chi connectivity index (χ2n) is 12.8. The Hall–Kier alpha value is -2.84. The number of piperidine rings is 1. The monoisotopic (exact) mass is 683 g/mol. The van der Waals surface area contributed by atoms with E-state index >= 15 is 0 Å². The molecule has 246 valence electrons. The number of para-hydroxylation sites is 1. The van der Waals surface area contributed by atoms with E-state index in [-0.39, 0.29) is 28.9 Å². The van der Waals surface area contributed by atoms with Gasteiger partial charge in [-0.15, -0.1) is 11.8 Å². The van der Waals surface area contributed by atoms with Gasteiger partial charge in [0, 0.05) is 34.9 Å². The summed E-state index contributed by atoms with van der Waals surface area (Å²) in [6, 6.07) is 11.0. The van der Waals surface area contributed by atoms with Crippen molar-refractivity contribution < 1.29 is 37.0 Å². The molecule has 0 bridgehead atoms. The number of anilines is 2. The van der Waals surface area contributed by atoms with Crippen molar-refractivity contribution in [1.29, 1.82) is 0 Å². The van der Waals surface area contributed by atoms with Crippen LogP contribution in [0.15, 0.2) is 52.9 Å². The molecule has 10 nitrogen and oxygen atoms in total. The molecule has 45 heavy (non-hydrogen) atoms. The summed E-state index contributed by atoms with van der Waals surface area (Å²) in [5.74, 6) is -3.12. The standard InChI is InChI=1S/C31H39ClFN3O7S2/c1-29(2,3)43-25(37)16-42-31(24(32)17-44-27(31)28(38)39)21-10-6-7-12-23(21)35-20-13-14-36(30(4,5)15-20)45(40,41)18-19-9-8-11-22(34)26(19)33/h6-12,17,20,27,35H,13-16,18,34H2,1-5H3,(H,38,39)/t20-,27?,31?/m1/s1. The number of aliphatic carboxylic acids is 1. The van der Waals surface area contributed by atoms with Crippen LogP contribution in [0.25, 0.3) is 0 Å². The van der Waals surface area contributed by atoms with Crippen molar-refractivity contribution in [2.45, 2.75) is 81.2 Å². The summed E-state index contributed by atoms with van der Waals surface area (Å²) < 4.78 is 54.5. The Labute approximate surface area is 272 Å². The van der Waals surface area contributed by atoms with E-state index in [1.807, 2.05) is 0 Å². The van der Waals surface area contributed by atoms with Crippen LogP contribution in [-0.4, -0.2) is 65.4 Å². The van der Waals surface area contributed by atoms with Gasteiger partial charge in [-0.25, -0.2) is 17.6 Å². The minimum Gasteiger partial charge on any atom is -0.480 e. The third-order valence-electron chi connectivity index (χ3n) is 7.66. The summed E-state index contributed by atoms with van der Waals surface area (Å²) in [6.45, 7) is 8.37. The average Bonchev–Trinajstić information content (AvgIpc) is 3.25. The smallest absolute Gasteiger partial charge is 0.332 e. The molecular weight excluding hydrogens is 645 g/mol. The molecule has 0 spiro atoms. The van der Waals surface area contributed by atoms with Gasteiger partial charge in [0.25, 0.3) is 0 Å². The van der Waals surface area contributed by atoms with Crippen LogP contribution in [0.2, 0.25) is 0 Å². The van der Waals surface area contributed by atoms with Crippen LogP contribution in [0.4, 0.5) is 15.8 Å². The molecule has 0 radical (unpaired) electrons. The van der Waals surface area contributed by atoms with Gasteiger partial charge in [-0.2, -0.15) is 4.31 Å². The fraction of sp³-hybridized carbons (Fsp3) is 0.484. The van der Waals surface area contributed by atoms with Crippen molar-refractivity contribution in [3.63, 3.8) is 0 Å². The fourth-order valence-corrected chi connectivity index (χ4v) is 9.39. The molecule has 0 amide bonds. The van der Waals surface area contributed by atoms with Crippen molar-refractivity contribution >= 4 is 56.7 Å². The largest absolute Gasteiger partial charge is 0.480 e. The Morgan fingerprint density at radius 3 is 2.53 bits per heavy atom. The molecule has 3 atom stereocenters. The molecule has 0 saturated carbocycles. The van der Waals surface area contributed by atoms with Crippen molar-refractivity contribution in [3.8, 4) is 0 Å². The van der Waals surface area contributed by atoms with Gasteiger partial charge in [-0.05, 0) is 65.0 Å². The Morgan fingerprint density at radius 1 is 1.20 bits per heavy atom. The van der Waals surface area contributed by atoms with Crippen LogP contribution < -0.4 is 11.1 Å². The van der Waals surface area contributed by atoms with Crippen molar-refractivity contribution in [2.24, 2.45) is 0 Å². The lowest BCUT2D eigenvalue weighted by molar-refractivity contribution is -0.167. The van der Waals surface area contributed by atoms with Crippen LogP contribution in [0.5, 0.6) is 0 Å². The predicted octanol–water partition coefficient (Wildman–Crippen LogP) is 5.43. The molecule has 0 aromatic heterocycles. The fourth-order valence-electron chi connectivity index (χ4n) is 5.86. The first-order valence-electron chi connectivity index (χ1n) is 14.4. The number of carbonyl (C=O) groups is 2. The maximum absolute atomic E-state index is 14.6. The summed E-state index contributed by atoms with van der Waals surface area (Å²) in [5.41, 5.74) is 3.15. The lowest BCUT2D eigenvalue weighted by atomic mass is 9.86. The summed E-state index contributed by atoms with van der Waals surface area (Å²) in [7, 11) is -3.91. The van der Waals surface area contributed by atoms with Crippen LogP contribution in [0.1, 0.15) is 58.6 Å². The van der Waals surface area contributed by atoms with Crippen LogP contribution in [0.3, 0.4) is 0 Å². The lowest BCUT2D eigenvalue weighted by Crippen LogP contribution is -2.55. The number of carbonyl (C=O) groups excluding carboxylic acids is 1. The molecule has 2 aromatic rings. The van der Waals surface area contributed by atoms with E-state index in [1.54, 1.807) is 58.9 Å². The highest BCUT2D eigenvalue weighted by Crippen LogP contribution is 2.53. The number of nitrogens with one attached hydrogen (secondary N) is 1. The molecule has 14 heteroatoms. The second kappa shape index (κ2) is 13.1. The highest BCUT2D eigenvalue weighted by molar-refractivity contribution is 8.03. The first-order valence-corrected chi connectivity index (χ1v) is 17.3. The first-order chi connectivity index (χ1) is 20.9. The molecule has 2 unspecified atom stereocenters. The molecule has 2 aliphatic rings. The SMILES string of the molecule is CC(C)(C)OC(=O)COC1(c2ccccc2N[C@@H]2CCN(S(=O)(=O)Cc3cccc(N)c3F)C(C)(C)C2)C(Cl)=CSC1C(=O)O. The van der Waals surface area contributed by atoms with Gasteiger partial charge in [0.15, 0.2) is 5.60 Å². The van der Waals surface area contributed by atoms with Gasteiger partial charge in [0.2, 0.25) is 10.0 Å². The zero-order valence-corrected chi connectivity index (χ0v) is 28.2. The predicted molar refractivity (Wildman–Crippen MR) is 174 cm³/mol. The second-order valence-corrected chi connectivity index (χ2v) is 16.1. The normalized spacial score (nSPS) is 23.8. The number of ether oxygens (including phenoxy) is 2. The molecular formula is C31H39ClFN3O7S2. The molecule has 1 fully saturated rings. The Morgan fingerprint density at radius 2 is 1.89 bits per heavy atom. The number of benzene rings is 2. The Bertz CT molecular complexity index is 1600. The zero-order valence-electron chi connectivity index (χ0n) is 25.8. The van der Waals surface area contributed by atoms with Gasteiger partial charge in [-0.3, -0.25) is 4.79 Å².